The van der Waals surface area contributed by atoms with E-state index in [1.807, 2.05) is 19.6 Å². The average molecular weight is 249 g/mol. The third-order valence-corrected chi connectivity index (χ3v) is 4.90. The Kier molecular flexibility index (Phi) is 3.81. The molecule has 3 heteroatoms. The average Bonchev–Trinajstić information content (AvgIpc) is 2.82. The molecule has 1 N–H and O–H groups in total. The normalized spacial score (nSPS) is 29.5. The first-order valence-electron chi connectivity index (χ1n) is 7.17. The summed E-state index contributed by atoms with van der Waals surface area (Å²) in [4.78, 5) is 4.38. The Morgan fingerprint density at radius 2 is 2.00 bits per heavy atom. The highest BCUT2D eigenvalue weighted by Gasteiger charge is 2.30. The molecule has 3 atom stereocenters. The van der Waals surface area contributed by atoms with E-state index in [1.54, 1.807) is 0 Å². The van der Waals surface area contributed by atoms with E-state index in [0.717, 1.165) is 11.8 Å². The molecule has 0 bridgehead atoms. The van der Waals surface area contributed by atoms with E-state index in [1.165, 1.54) is 25.0 Å². The largest absolute Gasteiger partial charge is 0.330 e. The molecule has 0 aliphatic heterocycles. The molecule has 3 nitrogen and oxygen atoms in total. The summed E-state index contributed by atoms with van der Waals surface area (Å²) in [7, 11) is 2.02. The van der Waals surface area contributed by atoms with Gasteiger partial charge in [-0.25, -0.2) is 4.98 Å². The molecule has 18 heavy (non-hydrogen) atoms. The summed E-state index contributed by atoms with van der Waals surface area (Å²) in [5.74, 6) is 1.68. The van der Waals surface area contributed by atoms with E-state index < -0.39 is 0 Å². The van der Waals surface area contributed by atoms with Crippen molar-refractivity contribution in [3.8, 4) is 0 Å². The number of rotatable bonds is 3. The fraction of sp³-hybridized carbons (Fsp3) is 0.800. The molecule has 0 aromatic carbocycles. The minimum absolute atomic E-state index is 0.0111. The van der Waals surface area contributed by atoms with Gasteiger partial charge in [-0.05, 0) is 52.0 Å². The molecule has 1 saturated carbocycles. The Balaban J connectivity index is 2.22. The van der Waals surface area contributed by atoms with Gasteiger partial charge in [-0.1, -0.05) is 13.8 Å². The maximum atomic E-state index is 4.38. The van der Waals surface area contributed by atoms with Gasteiger partial charge in [0.2, 0.25) is 0 Å². The van der Waals surface area contributed by atoms with Crippen LogP contribution >= 0.6 is 0 Å². The Morgan fingerprint density at radius 3 is 2.61 bits per heavy atom. The zero-order valence-electron chi connectivity index (χ0n) is 12.4. The topological polar surface area (TPSA) is 29.9 Å². The maximum Gasteiger partial charge on any atom is 0.0951 e. The number of imidazole rings is 1. The Bertz CT molecular complexity index is 394. The van der Waals surface area contributed by atoms with E-state index in [0.29, 0.717) is 6.04 Å². The molecule has 1 aromatic heterocycles. The molecule has 1 heterocycles. The van der Waals surface area contributed by atoms with Gasteiger partial charge >= 0.3 is 0 Å². The number of nitrogens with one attached hydrogen (secondary N) is 1. The lowest BCUT2D eigenvalue weighted by Gasteiger charge is -2.36. The third kappa shape index (κ3) is 2.46. The van der Waals surface area contributed by atoms with Crippen LogP contribution in [-0.4, -0.2) is 16.6 Å². The van der Waals surface area contributed by atoms with Crippen molar-refractivity contribution in [2.24, 2.45) is 11.8 Å². The van der Waals surface area contributed by atoms with Crippen LogP contribution in [0.2, 0.25) is 0 Å². The number of hydrogen-bond donors (Lipinski definition) is 1. The highest BCUT2D eigenvalue weighted by molar-refractivity contribution is 5.12. The number of nitrogens with zero attached hydrogens (tertiary/aromatic N) is 2. The van der Waals surface area contributed by atoms with Crippen molar-refractivity contribution in [3.63, 3.8) is 0 Å². The van der Waals surface area contributed by atoms with Crippen LogP contribution in [-0.2, 0) is 5.54 Å². The van der Waals surface area contributed by atoms with E-state index >= 15 is 0 Å². The van der Waals surface area contributed by atoms with Crippen LogP contribution in [0.1, 0.15) is 58.7 Å². The number of aromatic nitrogens is 2. The Hall–Kier alpha value is -0.830. The molecule has 0 saturated heterocycles. The second-order valence-electron chi connectivity index (χ2n) is 6.48. The van der Waals surface area contributed by atoms with Gasteiger partial charge in [-0.15, -0.1) is 0 Å². The van der Waals surface area contributed by atoms with Gasteiger partial charge in [0.15, 0.2) is 0 Å². The summed E-state index contributed by atoms with van der Waals surface area (Å²) in [6.07, 6.45) is 7.93. The molecule has 2 rings (SSSR count). The summed E-state index contributed by atoms with van der Waals surface area (Å²) in [5.41, 5.74) is 1.29. The molecule has 1 aromatic rings. The second-order valence-corrected chi connectivity index (χ2v) is 6.48. The minimum atomic E-state index is -0.0111. The summed E-state index contributed by atoms with van der Waals surface area (Å²) < 4.78 is 2.40. The molecule has 1 fully saturated rings. The summed E-state index contributed by atoms with van der Waals surface area (Å²) >= 11 is 0. The summed E-state index contributed by atoms with van der Waals surface area (Å²) in [6, 6.07) is 0.626. The summed E-state index contributed by atoms with van der Waals surface area (Å²) in [6.45, 7) is 9.20. The second kappa shape index (κ2) is 5.04. The highest BCUT2D eigenvalue weighted by atomic mass is 15.1. The van der Waals surface area contributed by atoms with Crippen molar-refractivity contribution in [2.75, 3.05) is 7.05 Å². The van der Waals surface area contributed by atoms with Crippen LogP contribution in [0, 0.1) is 11.8 Å². The Morgan fingerprint density at radius 1 is 1.28 bits per heavy atom. The summed E-state index contributed by atoms with van der Waals surface area (Å²) in [5, 5.41) is 3.38. The lowest BCUT2D eigenvalue weighted by Crippen LogP contribution is -2.37. The predicted octanol–water partition coefficient (Wildman–Crippen LogP) is 3.33. The molecular formula is C15H27N3. The minimum Gasteiger partial charge on any atom is -0.330 e. The van der Waals surface area contributed by atoms with Crippen molar-refractivity contribution in [2.45, 2.75) is 58.5 Å². The van der Waals surface area contributed by atoms with Gasteiger partial charge in [0, 0.05) is 6.04 Å². The molecule has 1 aliphatic carbocycles. The van der Waals surface area contributed by atoms with Gasteiger partial charge < -0.3 is 9.88 Å². The van der Waals surface area contributed by atoms with Crippen LogP contribution in [0.4, 0.5) is 0 Å². The molecule has 0 amide bonds. The smallest absolute Gasteiger partial charge is 0.0951 e. The van der Waals surface area contributed by atoms with Crippen molar-refractivity contribution >= 4 is 0 Å². The van der Waals surface area contributed by atoms with Gasteiger partial charge in [-0.2, -0.15) is 0 Å². The highest BCUT2D eigenvalue weighted by Crippen LogP contribution is 2.37. The van der Waals surface area contributed by atoms with Crippen LogP contribution < -0.4 is 5.32 Å². The van der Waals surface area contributed by atoms with Gasteiger partial charge in [0.05, 0.1) is 23.8 Å². The molecule has 0 spiro atoms. The van der Waals surface area contributed by atoms with Crippen molar-refractivity contribution < 1.29 is 0 Å². The van der Waals surface area contributed by atoms with Crippen LogP contribution in [0.5, 0.6) is 0 Å². The van der Waals surface area contributed by atoms with Gasteiger partial charge in [0.1, 0.15) is 0 Å². The first-order chi connectivity index (χ1) is 8.45. The fourth-order valence-electron chi connectivity index (χ4n) is 2.98. The van der Waals surface area contributed by atoms with Crippen LogP contribution in [0.15, 0.2) is 12.5 Å². The lowest BCUT2D eigenvalue weighted by molar-refractivity contribution is 0.203. The van der Waals surface area contributed by atoms with E-state index in [-0.39, 0.29) is 5.54 Å². The van der Waals surface area contributed by atoms with E-state index in [9.17, 15) is 0 Å². The van der Waals surface area contributed by atoms with Crippen molar-refractivity contribution in [3.05, 3.63) is 18.2 Å². The van der Waals surface area contributed by atoms with Crippen molar-refractivity contribution in [1.82, 2.24) is 14.9 Å². The standard InChI is InChI=1S/C15H27N3/c1-11-6-7-13(8-12(11)2)18-10-17-9-14(18)15(3,4)16-5/h9-13,16H,6-8H2,1-5H3. The SMILES string of the molecule is CNC(C)(C)c1cncn1C1CCC(C)C(C)C1. The predicted molar refractivity (Wildman–Crippen MR) is 75.5 cm³/mol. The van der Waals surface area contributed by atoms with Crippen molar-refractivity contribution in [1.29, 1.82) is 0 Å². The van der Waals surface area contributed by atoms with E-state index in [4.69, 9.17) is 0 Å². The molecule has 102 valence electrons. The maximum absolute atomic E-state index is 4.38. The Labute approximate surface area is 111 Å². The monoisotopic (exact) mass is 249 g/mol. The van der Waals surface area contributed by atoms with Gasteiger partial charge in [0.25, 0.3) is 0 Å². The van der Waals surface area contributed by atoms with E-state index in [2.05, 4.69) is 42.6 Å². The molecule has 1 aliphatic rings. The zero-order chi connectivity index (χ0) is 13.3. The number of hydrogen-bond acceptors (Lipinski definition) is 2. The quantitative estimate of drug-likeness (QED) is 0.890. The molecule has 3 unspecified atom stereocenters. The fourth-order valence-corrected chi connectivity index (χ4v) is 2.98. The first kappa shape index (κ1) is 13.6. The van der Waals surface area contributed by atoms with Crippen LogP contribution in [0.25, 0.3) is 0 Å². The van der Waals surface area contributed by atoms with Gasteiger partial charge in [-0.3, -0.25) is 0 Å². The lowest BCUT2D eigenvalue weighted by atomic mass is 9.79. The zero-order valence-corrected chi connectivity index (χ0v) is 12.4. The molecular weight excluding hydrogens is 222 g/mol. The first-order valence-corrected chi connectivity index (χ1v) is 7.17. The van der Waals surface area contributed by atoms with Crippen LogP contribution in [0.3, 0.4) is 0 Å². The molecule has 0 radical (unpaired) electrons. The third-order valence-electron chi connectivity index (χ3n) is 4.90.